The number of fused-ring (bicyclic) bond motifs is 6. The van der Waals surface area contributed by atoms with E-state index in [2.05, 4.69) is 68.4 Å². The first kappa shape index (κ1) is 23.7. The van der Waals surface area contributed by atoms with Crippen molar-refractivity contribution in [3.05, 3.63) is 11.8 Å². The Balaban J connectivity index is 1.45. The van der Waals surface area contributed by atoms with Crippen LogP contribution < -0.4 is 0 Å². The minimum absolute atomic E-state index is 0.0123. The van der Waals surface area contributed by atoms with E-state index in [4.69, 9.17) is 4.52 Å². The third-order valence-corrected chi connectivity index (χ3v) is 16.6. The summed E-state index contributed by atoms with van der Waals surface area (Å²) in [7, 11) is -1.22. The van der Waals surface area contributed by atoms with E-state index in [-0.39, 0.29) is 43.8 Å². The van der Waals surface area contributed by atoms with Gasteiger partial charge in [-0.1, -0.05) is 62.3 Å². The Morgan fingerprint density at radius 1 is 0.676 bits per heavy atom. The van der Waals surface area contributed by atoms with Gasteiger partial charge < -0.3 is 4.52 Å². The predicted molar refractivity (Wildman–Crippen MR) is 138 cm³/mol. The highest BCUT2D eigenvalue weighted by molar-refractivity contribution is 7.56. The van der Waals surface area contributed by atoms with Crippen LogP contribution in [0.1, 0.15) is 101 Å². The number of hydrogen-bond acceptors (Lipinski definition) is 3. The van der Waals surface area contributed by atoms with Gasteiger partial charge in [-0.15, -0.1) is 0 Å². The fraction of sp³-hybridized carbons (Fsp3) is 0.867. The quantitative estimate of drug-likeness (QED) is 0.387. The van der Waals surface area contributed by atoms with E-state index in [0.29, 0.717) is 29.3 Å². The molecule has 0 aliphatic heterocycles. The van der Waals surface area contributed by atoms with E-state index in [1.807, 2.05) is 0 Å². The highest BCUT2D eigenvalue weighted by Crippen LogP contribution is 2.78. The highest BCUT2D eigenvalue weighted by atomic mass is 31.1. The van der Waals surface area contributed by atoms with Crippen molar-refractivity contribution in [2.75, 3.05) is 0 Å². The molecule has 6 rings (SSSR count). The minimum atomic E-state index is -1.22. The maximum atomic E-state index is 14.2. The summed E-state index contributed by atoms with van der Waals surface area (Å²) in [6, 6.07) is 0. The third-order valence-electron chi connectivity index (χ3n) is 13.9. The zero-order valence-corrected chi connectivity index (χ0v) is 23.8. The lowest BCUT2D eigenvalue weighted by atomic mass is 9.70. The Bertz CT molecular complexity index is 968. The second-order valence-electron chi connectivity index (χ2n) is 15.2. The Morgan fingerprint density at radius 2 is 1.12 bits per heavy atom. The molecule has 0 aromatic carbocycles. The van der Waals surface area contributed by atoms with Crippen molar-refractivity contribution in [2.45, 2.75) is 112 Å². The fourth-order valence-corrected chi connectivity index (χ4v) is 13.7. The van der Waals surface area contributed by atoms with Gasteiger partial charge in [0, 0.05) is 16.2 Å². The number of carbonyl (C=O) groups is 2. The summed E-state index contributed by atoms with van der Waals surface area (Å²) in [5.74, 6) is 3.15. The van der Waals surface area contributed by atoms with Gasteiger partial charge in [0.25, 0.3) is 0 Å². The molecule has 6 aliphatic carbocycles. The van der Waals surface area contributed by atoms with Gasteiger partial charge in [-0.3, -0.25) is 9.59 Å². The predicted octanol–water partition coefficient (Wildman–Crippen LogP) is 7.53. The SMILES string of the molecule is CC1(C)[C@@H]2C=C(OP([C@@H]3C(=O)[C@@]4(C)CC[C@H]3C4(C)C)[C@@H]3C(=O)[C@@]4(C)CC[C@H]3C4(C)C)[C@@]1(C)CC2. The molecule has 0 amide bonds. The van der Waals surface area contributed by atoms with E-state index in [1.165, 1.54) is 6.42 Å². The Kier molecular flexibility index (Phi) is 4.46. The molecule has 0 aromatic rings. The maximum absolute atomic E-state index is 14.2. The average Bonchev–Trinajstić information content (AvgIpc) is 3.36. The van der Waals surface area contributed by atoms with Crippen LogP contribution in [0.25, 0.3) is 0 Å². The molecule has 0 N–H and O–H groups in total. The summed E-state index contributed by atoms with van der Waals surface area (Å²) in [5.41, 5.74) is -0.602. The van der Waals surface area contributed by atoms with Crippen molar-refractivity contribution in [3.8, 4) is 0 Å². The smallest absolute Gasteiger partial charge is 0.150 e. The van der Waals surface area contributed by atoms with Crippen LogP contribution in [0.5, 0.6) is 0 Å². The molecule has 0 radical (unpaired) electrons. The molecule has 0 aromatic heterocycles. The molecule has 6 bridgehead atoms. The van der Waals surface area contributed by atoms with E-state index in [9.17, 15) is 9.59 Å². The van der Waals surface area contributed by atoms with Crippen molar-refractivity contribution in [1.29, 1.82) is 0 Å². The van der Waals surface area contributed by atoms with Crippen LogP contribution >= 0.6 is 8.15 Å². The standard InChI is InChI=1S/C30H45O3P/c1-25(2)17-10-13-28(25,7)20(16-17)33-34(21-18-11-14-29(8,23(21)31)26(18,3)4)22-19-12-15-30(9,24(22)32)27(19,5)6/h16-19,21-22H,10-15H2,1-9H3/t17-,18+,19+,21-,22-,28+,29+,30+/m0/s1. The van der Waals surface area contributed by atoms with Crippen molar-refractivity contribution < 1.29 is 14.1 Å². The van der Waals surface area contributed by atoms with Crippen LogP contribution in [-0.2, 0) is 14.1 Å². The second kappa shape index (κ2) is 6.41. The summed E-state index contributed by atoms with van der Waals surface area (Å²) < 4.78 is 7.26. The molecule has 5 saturated carbocycles. The molecule has 0 heterocycles. The number of ketones is 2. The molecule has 6 aliphatic rings. The molecular weight excluding hydrogens is 439 g/mol. The molecule has 0 saturated heterocycles. The van der Waals surface area contributed by atoms with Gasteiger partial charge in [-0.25, -0.2) is 0 Å². The van der Waals surface area contributed by atoms with Gasteiger partial charge in [0.15, 0.2) is 0 Å². The molecular formula is C30H45O3P. The molecule has 0 spiro atoms. The summed E-state index contributed by atoms with van der Waals surface area (Å²) in [5, 5.41) is 0. The van der Waals surface area contributed by atoms with Gasteiger partial charge in [-0.2, -0.15) is 0 Å². The molecule has 5 fully saturated rings. The largest absolute Gasteiger partial charge is 0.477 e. The number of carbonyl (C=O) groups excluding carboxylic acids is 2. The monoisotopic (exact) mass is 484 g/mol. The summed E-state index contributed by atoms with van der Waals surface area (Å²) in [4.78, 5) is 28.4. The topological polar surface area (TPSA) is 43.4 Å². The van der Waals surface area contributed by atoms with Crippen LogP contribution in [0.3, 0.4) is 0 Å². The second-order valence-corrected chi connectivity index (χ2v) is 17.2. The van der Waals surface area contributed by atoms with Crippen molar-refractivity contribution in [1.82, 2.24) is 0 Å². The number of allylic oxidation sites excluding steroid dienone is 2. The number of Topliss-reactive ketones (excluding diaryl/α,β-unsaturated/α-hetero) is 2. The van der Waals surface area contributed by atoms with E-state index in [1.54, 1.807) is 0 Å². The van der Waals surface area contributed by atoms with Gasteiger partial charge in [-0.05, 0) is 78.6 Å². The van der Waals surface area contributed by atoms with Crippen LogP contribution in [-0.4, -0.2) is 22.9 Å². The lowest BCUT2D eigenvalue weighted by molar-refractivity contribution is -0.128. The number of hydrogen-bond donors (Lipinski definition) is 0. The molecule has 34 heavy (non-hydrogen) atoms. The molecule has 3 nitrogen and oxygen atoms in total. The Labute approximate surface area is 208 Å². The minimum Gasteiger partial charge on any atom is -0.477 e. The van der Waals surface area contributed by atoms with Crippen LogP contribution in [0.2, 0.25) is 0 Å². The summed E-state index contributed by atoms with van der Waals surface area (Å²) in [6.07, 6.45) is 8.94. The van der Waals surface area contributed by atoms with E-state index >= 15 is 0 Å². The normalized spacial score (nSPS) is 51.1. The Morgan fingerprint density at radius 3 is 1.44 bits per heavy atom. The van der Waals surface area contributed by atoms with Gasteiger partial charge >= 0.3 is 0 Å². The summed E-state index contributed by atoms with van der Waals surface area (Å²) in [6.45, 7) is 20.8. The lowest BCUT2D eigenvalue weighted by Gasteiger charge is -2.42. The molecule has 188 valence electrons. The van der Waals surface area contributed by atoms with Gasteiger partial charge in [0.1, 0.15) is 25.5 Å². The van der Waals surface area contributed by atoms with Crippen LogP contribution in [0, 0.1) is 50.2 Å². The van der Waals surface area contributed by atoms with Crippen molar-refractivity contribution in [3.63, 3.8) is 0 Å². The highest BCUT2D eigenvalue weighted by Gasteiger charge is 2.74. The van der Waals surface area contributed by atoms with E-state index < -0.39 is 8.15 Å². The fourth-order valence-electron chi connectivity index (χ4n) is 9.83. The summed E-state index contributed by atoms with van der Waals surface area (Å²) >= 11 is 0. The maximum Gasteiger partial charge on any atom is 0.150 e. The van der Waals surface area contributed by atoms with Crippen LogP contribution in [0.4, 0.5) is 0 Å². The van der Waals surface area contributed by atoms with Gasteiger partial charge in [0.05, 0.1) is 11.3 Å². The van der Waals surface area contributed by atoms with E-state index in [0.717, 1.165) is 37.9 Å². The first-order valence-electron chi connectivity index (χ1n) is 13.8. The molecule has 4 heteroatoms. The average molecular weight is 485 g/mol. The zero-order valence-electron chi connectivity index (χ0n) is 22.9. The first-order valence-corrected chi connectivity index (χ1v) is 15.2. The molecule has 8 atom stereocenters. The van der Waals surface area contributed by atoms with Crippen molar-refractivity contribution >= 4 is 19.7 Å². The van der Waals surface area contributed by atoms with Gasteiger partial charge in [0.2, 0.25) is 0 Å². The first-order chi connectivity index (χ1) is 15.6. The van der Waals surface area contributed by atoms with Crippen molar-refractivity contribution in [2.24, 2.45) is 50.2 Å². The molecule has 0 unspecified atom stereocenters. The lowest BCUT2D eigenvalue weighted by Crippen LogP contribution is -2.40. The zero-order chi connectivity index (χ0) is 24.9. The Hall–Kier alpha value is -0.690. The number of rotatable bonds is 4. The van der Waals surface area contributed by atoms with Crippen LogP contribution in [0.15, 0.2) is 11.8 Å². The third kappa shape index (κ3) is 2.28.